The van der Waals surface area contributed by atoms with Crippen molar-refractivity contribution in [1.29, 1.82) is 0 Å². The summed E-state index contributed by atoms with van der Waals surface area (Å²) in [5, 5.41) is 11.1. The number of amides is 1. The first-order chi connectivity index (χ1) is 13.4. The molecule has 0 saturated heterocycles. The number of nitrogens with zero attached hydrogens (tertiary/aromatic N) is 2. The van der Waals surface area contributed by atoms with Crippen LogP contribution in [0.1, 0.15) is 33.2 Å². The minimum Gasteiger partial charge on any atom is -0.384 e. The van der Waals surface area contributed by atoms with Gasteiger partial charge in [0.1, 0.15) is 6.10 Å². The van der Waals surface area contributed by atoms with E-state index >= 15 is 0 Å². The van der Waals surface area contributed by atoms with E-state index in [1.54, 1.807) is 29.2 Å². The quantitative estimate of drug-likeness (QED) is 0.713. The Hall–Kier alpha value is -2.83. The number of carbonyl (C=O) groups is 1. The van der Waals surface area contributed by atoms with Crippen LogP contribution in [0.3, 0.4) is 0 Å². The third-order valence-electron chi connectivity index (χ3n) is 4.78. The number of aliphatic hydroxyl groups is 1. The summed E-state index contributed by atoms with van der Waals surface area (Å²) in [4.78, 5) is 18.5. The van der Waals surface area contributed by atoms with Crippen molar-refractivity contribution in [2.24, 2.45) is 0 Å². The van der Waals surface area contributed by atoms with Gasteiger partial charge in [0.15, 0.2) is 11.6 Å². The fraction of sp³-hybridized carbons (Fsp3) is 0.143. The molecule has 7 heteroatoms. The molecule has 1 amide bonds. The molecule has 3 aromatic rings. The maximum Gasteiger partial charge on any atom is 0.258 e. The van der Waals surface area contributed by atoms with E-state index in [1.807, 2.05) is 0 Å². The molecule has 0 saturated carbocycles. The van der Waals surface area contributed by atoms with Gasteiger partial charge in [-0.05, 0) is 53.9 Å². The number of benzene rings is 2. The van der Waals surface area contributed by atoms with Crippen LogP contribution < -0.4 is 4.90 Å². The largest absolute Gasteiger partial charge is 0.384 e. The fourth-order valence-corrected chi connectivity index (χ4v) is 3.52. The number of aromatic nitrogens is 1. The molecule has 0 fully saturated rings. The molecule has 142 valence electrons. The molecule has 0 spiro atoms. The van der Waals surface area contributed by atoms with Crippen molar-refractivity contribution in [3.8, 4) is 0 Å². The molecule has 1 aliphatic rings. The first-order valence-corrected chi connectivity index (χ1v) is 9.00. The molecule has 1 unspecified atom stereocenters. The molecule has 28 heavy (non-hydrogen) atoms. The third kappa shape index (κ3) is 3.37. The molecule has 2 aromatic carbocycles. The van der Waals surface area contributed by atoms with E-state index in [0.29, 0.717) is 34.8 Å². The number of hydrogen-bond acceptors (Lipinski definition) is 3. The Morgan fingerprint density at radius 2 is 1.86 bits per heavy atom. The minimum absolute atomic E-state index is 0.181. The summed E-state index contributed by atoms with van der Waals surface area (Å²) in [6, 6.07) is 9.98. The van der Waals surface area contributed by atoms with Crippen LogP contribution >= 0.6 is 11.6 Å². The van der Waals surface area contributed by atoms with Crippen molar-refractivity contribution >= 4 is 23.2 Å². The summed E-state index contributed by atoms with van der Waals surface area (Å²) in [5.74, 6) is -2.21. The summed E-state index contributed by atoms with van der Waals surface area (Å²) in [7, 11) is 0. The number of halogens is 3. The van der Waals surface area contributed by atoms with Gasteiger partial charge in [0, 0.05) is 28.9 Å². The van der Waals surface area contributed by atoms with Crippen molar-refractivity contribution in [3.05, 3.63) is 93.8 Å². The van der Waals surface area contributed by atoms with Crippen LogP contribution in [0.15, 0.2) is 54.9 Å². The Bertz CT molecular complexity index is 1070. The van der Waals surface area contributed by atoms with Gasteiger partial charge in [-0.2, -0.15) is 0 Å². The summed E-state index contributed by atoms with van der Waals surface area (Å²) in [5.41, 5.74) is 2.55. The van der Waals surface area contributed by atoms with E-state index in [9.17, 15) is 18.7 Å². The maximum absolute atomic E-state index is 13.5. The van der Waals surface area contributed by atoms with Crippen molar-refractivity contribution in [3.63, 3.8) is 0 Å². The van der Waals surface area contributed by atoms with E-state index in [2.05, 4.69) is 4.98 Å². The predicted octanol–water partition coefficient (Wildman–Crippen LogP) is 4.30. The van der Waals surface area contributed by atoms with Gasteiger partial charge in [-0.3, -0.25) is 9.78 Å². The van der Waals surface area contributed by atoms with Gasteiger partial charge in [-0.25, -0.2) is 8.78 Å². The number of carbonyl (C=O) groups excluding carboxylic acids is 1. The Balaban J connectivity index is 1.64. The molecule has 0 radical (unpaired) electrons. The normalized spacial score (nSPS) is 14.7. The lowest BCUT2D eigenvalue weighted by atomic mass is 9.98. The Morgan fingerprint density at radius 3 is 2.64 bits per heavy atom. The molecule has 1 aliphatic heterocycles. The Kier molecular flexibility index (Phi) is 4.83. The van der Waals surface area contributed by atoms with E-state index < -0.39 is 17.7 Å². The van der Waals surface area contributed by atoms with Gasteiger partial charge >= 0.3 is 0 Å². The first-order valence-electron chi connectivity index (χ1n) is 8.62. The van der Waals surface area contributed by atoms with Crippen LogP contribution in [0, 0.1) is 11.6 Å². The zero-order chi connectivity index (χ0) is 19.8. The average molecular weight is 401 g/mol. The number of anilines is 1. The zero-order valence-electron chi connectivity index (χ0n) is 14.6. The smallest absolute Gasteiger partial charge is 0.258 e. The Morgan fingerprint density at radius 1 is 1.04 bits per heavy atom. The highest BCUT2D eigenvalue weighted by Crippen LogP contribution is 2.29. The number of hydrogen-bond donors (Lipinski definition) is 1. The molecule has 0 aliphatic carbocycles. The third-order valence-corrected chi connectivity index (χ3v) is 5.01. The average Bonchev–Trinajstić information content (AvgIpc) is 2.70. The Labute approximate surface area is 165 Å². The predicted molar refractivity (Wildman–Crippen MR) is 101 cm³/mol. The molecule has 1 aromatic heterocycles. The fourth-order valence-electron chi connectivity index (χ4n) is 3.32. The molecule has 4 rings (SSSR count). The van der Waals surface area contributed by atoms with Gasteiger partial charge in [0.2, 0.25) is 0 Å². The molecular formula is C21H15ClF2N2O2. The molecular weight excluding hydrogens is 386 g/mol. The van der Waals surface area contributed by atoms with Crippen LogP contribution in [-0.4, -0.2) is 22.5 Å². The highest BCUT2D eigenvalue weighted by atomic mass is 35.5. The van der Waals surface area contributed by atoms with Crippen molar-refractivity contribution < 1.29 is 18.7 Å². The van der Waals surface area contributed by atoms with Crippen LogP contribution in [0.5, 0.6) is 0 Å². The highest BCUT2D eigenvalue weighted by molar-refractivity contribution is 6.30. The lowest BCUT2D eigenvalue weighted by Crippen LogP contribution is -2.37. The van der Waals surface area contributed by atoms with Crippen molar-refractivity contribution in [1.82, 2.24) is 4.98 Å². The zero-order valence-corrected chi connectivity index (χ0v) is 15.3. The topological polar surface area (TPSA) is 53.4 Å². The lowest BCUT2D eigenvalue weighted by molar-refractivity contribution is 0.0980. The van der Waals surface area contributed by atoms with Gasteiger partial charge < -0.3 is 10.0 Å². The summed E-state index contributed by atoms with van der Waals surface area (Å²) < 4.78 is 26.6. The summed E-state index contributed by atoms with van der Waals surface area (Å²) >= 11 is 6.00. The molecule has 1 atom stereocenters. The molecule has 2 heterocycles. The van der Waals surface area contributed by atoms with Crippen molar-refractivity contribution in [2.75, 3.05) is 11.4 Å². The number of aliphatic hydroxyl groups excluding tert-OH is 1. The number of rotatable bonds is 3. The van der Waals surface area contributed by atoms with Crippen molar-refractivity contribution in [2.45, 2.75) is 12.5 Å². The highest BCUT2D eigenvalue weighted by Gasteiger charge is 2.26. The van der Waals surface area contributed by atoms with E-state index in [4.69, 9.17) is 11.6 Å². The van der Waals surface area contributed by atoms with Crippen LogP contribution in [0.25, 0.3) is 0 Å². The summed E-state index contributed by atoms with van der Waals surface area (Å²) in [6.45, 7) is 0.443. The van der Waals surface area contributed by atoms with Gasteiger partial charge in [0.05, 0.1) is 11.9 Å². The number of fused-ring (bicyclic) bond motifs is 1. The maximum atomic E-state index is 13.5. The minimum atomic E-state index is -1.20. The summed E-state index contributed by atoms with van der Waals surface area (Å²) in [6.07, 6.45) is 2.39. The lowest BCUT2D eigenvalue weighted by Gasteiger charge is -2.29. The molecule has 4 nitrogen and oxygen atoms in total. The van der Waals surface area contributed by atoms with E-state index in [1.165, 1.54) is 18.5 Å². The van der Waals surface area contributed by atoms with Gasteiger partial charge in [0.25, 0.3) is 5.91 Å². The van der Waals surface area contributed by atoms with Crippen LogP contribution in [0.4, 0.5) is 14.5 Å². The molecule has 1 N–H and O–H groups in total. The van der Waals surface area contributed by atoms with E-state index in [-0.39, 0.29) is 11.5 Å². The second-order valence-electron chi connectivity index (χ2n) is 6.56. The van der Waals surface area contributed by atoms with Crippen LogP contribution in [0.2, 0.25) is 5.02 Å². The monoisotopic (exact) mass is 400 g/mol. The van der Waals surface area contributed by atoms with Gasteiger partial charge in [-0.15, -0.1) is 0 Å². The van der Waals surface area contributed by atoms with Gasteiger partial charge in [-0.1, -0.05) is 17.7 Å². The van der Waals surface area contributed by atoms with Crippen LogP contribution in [-0.2, 0) is 6.42 Å². The SMILES string of the molecule is O=C1c2ccc(Cl)cc2CCN1c1cncc(C(O)c2ccc(F)c(F)c2)c1. The second-order valence-corrected chi connectivity index (χ2v) is 7.00. The number of pyridine rings is 1. The van der Waals surface area contributed by atoms with E-state index in [0.717, 1.165) is 17.7 Å². The standard InChI is InChI=1S/C21H15ClF2N2O2/c22-15-2-3-17-12(7-15)5-6-26(21(17)28)16-8-14(10-25-11-16)20(27)13-1-4-18(23)19(24)9-13/h1-4,7-11,20,27H,5-6H2. The first kappa shape index (κ1) is 18.5. The molecule has 0 bridgehead atoms. The second kappa shape index (κ2) is 7.30.